The predicted octanol–water partition coefficient (Wildman–Crippen LogP) is 2.92. The molecule has 0 spiro atoms. The van der Waals surface area contributed by atoms with Gasteiger partial charge in [-0.3, -0.25) is 19.2 Å². The summed E-state index contributed by atoms with van der Waals surface area (Å²) in [4.78, 5) is 27.2. The molecule has 1 aliphatic heterocycles. The van der Waals surface area contributed by atoms with E-state index in [0.29, 0.717) is 17.3 Å². The van der Waals surface area contributed by atoms with E-state index in [-0.39, 0.29) is 24.2 Å². The zero-order chi connectivity index (χ0) is 18.7. The maximum Gasteiger partial charge on any atom is 0.238 e. The summed E-state index contributed by atoms with van der Waals surface area (Å²) < 4.78 is 1.64. The predicted molar refractivity (Wildman–Crippen MR) is 102 cm³/mol. The van der Waals surface area contributed by atoms with Crippen molar-refractivity contribution in [1.29, 1.82) is 0 Å². The number of hydrogen-bond acceptors (Lipinski definition) is 4. The molecule has 1 aliphatic rings. The third kappa shape index (κ3) is 4.51. The highest BCUT2D eigenvalue weighted by Crippen LogP contribution is 2.24. The topological polar surface area (TPSA) is 67.2 Å². The first kappa shape index (κ1) is 18.6. The van der Waals surface area contributed by atoms with E-state index in [1.54, 1.807) is 36.3 Å². The quantitative estimate of drug-likeness (QED) is 0.817. The monoisotopic (exact) mass is 374 g/mol. The standard InChI is InChI=1S/C19H23ClN4O2/c1-13-8-15(20)5-6-17(13)19(26)14-4-3-7-24(10-14)12-18(25)22-16-9-21-23(2)11-16/h5-6,8-9,11,14H,3-4,7,10,12H2,1-2H3,(H,22,25)/t14-/m1/s1. The lowest BCUT2D eigenvalue weighted by molar-refractivity contribution is -0.117. The molecule has 1 aromatic carbocycles. The Hall–Kier alpha value is -2.18. The number of aryl methyl sites for hydroxylation is 2. The summed E-state index contributed by atoms with van der Waals surface area (Å²) in [7, 11) is 1.80. The molecule has 0 unspecified atom stereocenters. The van der Waals surface area contributed by atoms with Gasteiger partial charge >= 0.3 is 0 Å². The van der Waals surface area contributed by atoms with Crippen LogP contribution in [-0.4, -0.2) is 46.0 Å². The minimum atomic E-state index is -0.0891. The van der Waals surface area contributed by atoms with Crippen molar-refractivity contribution < 1.29 is 9.59 Å². The Balaban J connectivity index is 1.59. The second-order valence-electron chi connectivity index (χ2n) is 6.85. The summed E-state index contributed by atoms with van der Waals surface area (Å²) in [6.45, 7) is 3.60. The Morgan fingerprint density at radius 1 is 1.38 bits per heavy atom. The van der Waals surface area contributed by atoms with Crippen molar-refractivity contribution in [2.75, 3.05) is 25.0 Å². The molecule has 1 aromatic heterocycles. The van der Waals surface area contributed by atoms with Gasteiger partial charge in [0.2, 0.25) is 5.91 Å². The lowest BCUT2D eigenvalue weighted by Crippen LogP contribution is -2.42. The van der Waals surface area contributed by atoms with Crippen molar-refractivity contribution in [3.63, 3.8) is 0 Å². The molecule has 1 N–H and O–H groups in total. The van der Waals surface area contributed by atoms with Crippen LogP contribution in [0.3, 0.4) is 0 Å². The normalized spacial score (nSPS) is 17.9. The van der Waals surface area contributed by atoms with E-state index in [0.717, 1.165) is 30.5 Å². The number of carbonyl (C=O) groups is 2. The molecule has 1 fully saturated rings. The summed E-state index contributed by atoms with van der Waals surface area (Å²) in [6, 6.07) is 5.37. The fraction of sp³-hybridized carbons (Fsp3) is 0.421. The van der Waals surface area contributed by atoms with Crippen LogP contribution in [0.25, 0.3) is 0 Å². The maximum atomic E-state index is 12.9. The summed E-state index contributed by atoms with van der Waals surface area (Å²) in [5.74, 6) is -0.0416. The molecule has 2 aromatic rings. The van der Waals surface area contributed by atoms with Gasteiger partial charge in [-0.25, -0.2) is 0 Å². The molecule has 1 saturated heterocycles. The van der Waals surface area contributed by atoms with E-state index in [1.165, 1.54) is 0 Å². The van der Waals surface area contributed by atoms with E-state index in [4.69, 9.17) is 11.6 Å². The number of nitrogens with one attached hydrogen (secondary N) is 1. The molecule has 6 nitrogen and oxygen atoms in total. The van der Waals surface area contributed by atoms with Gasteiger partial charge in [0, 0.05) is 36.3 Å². The van der Waals surface area contributed by atoms with Crippen molar-refractivity contribution in [1.82, 2.24) is 14.7 Å². The van der Waals surface area contributed by atoms with Crippen LogP contribution < -0.4 is 5.32 Å². The number of rotatable bonds is 5. The first-order chi connectivity index (χ1) is 12.4. The van der Waals surface area contributed by atoms with E-state index in [2.05, 4.69) is 10.4 Å². The van der Waals surface area contributed by atoms with Gasteiger partial charge in [-0.2, -0.15) is 5.10 Å². The van der Waals surface area contributed by atoms with Gasteiger partial charge in [0.15, 0.2) is 5.78 Å². The summed E-state index contributed by atoms with van der Waals surface area (Å²) in [5, 5.41) is 7.51. The fourth-order valence-electron chi connectivity index (χ4n) is 3.43. The van der Waals surface area contributed by atoms with Crippen LogP contribution in [0.15, 0.2) is 30.6 Å². The molecule has 0 radical (unpaired) electrons. The van der Waals surface area contributed by atoms with Crippen LogP contribution in [0.1, 0.15) is 28.8 Å². The Morgan fingerprint density at radius 3 is 2.88 bits per heavy atom. The smallest absolute Gasteiger partial charge is 0.238 e. The number of anilines is 1. The van der Waals surface area contributed by atoms with Crippen LogP contribution >= 0.6 is 11.6 Å². The number of amides is 1. The molecule has 2 heterocycles. The largest absolute Gasteiger partial charge is 0.322 e. The number of aromatic nitrogens is 2. The first-order valence-electron chi connectivity index (χ1n) is 8.73. The highest BCUT2D eigenvalue weighted by molar-refractivity contribution is 6.30. The van der Waals surface area contributed by atoms with Crippen molar-refractivity contribution in [2.45, 2.75) is 19.8 Å². The van der Waals surface area contributed by atoms with Crippen molar-refractivity contribution >= 4 is 29.0 Å². The summed E-state index contributed by atoms with van der Waals surface area (Å²) in [5.41, 5.74) is 2.30. The van der Waals surface area contributed by atoms with Gasteiger partial charge < -0.3 is 5.32 Å². The molecule has 138 valence electrons. The molecular formula is C19H23ClN4O2. The lowest BCUT2D eigenvalue weighted by Gasteiger charge is -2.31. The van der Waals surface area contributed by atoms with Crippen LogP contribution in [0.5, 0.6) is 0 Å². The van der Waals surface area contributed by atoms with E-state index < -0.39 is 0 Å². The average Bonchev–Trinajstić information content (AvgIpc) is 2.99. The van der Waals surface area contributed by atoms with Crippen LogP contribution in [-0.2, 0) is 11.8 Å². The summed E-state index contributed by atoms with van der Waals surface area (Å²) in [6.07, 6.45) is 5.12. The minimum Gasteiger partial charge on any atom is -0.322 e. The molecule has 1 amide bonds. The Morgan fingerprint density at radius 2 is 2.19 bits per heavy atom. The number of hydrogen-bond donors (Lipinski definition) is 1. The molecule has 0 saturated carbocycles. The number of carbonyl (C=O) groups excluding carboxylic acids is 2. The highest BCUT2D eigenvalue weighted by Gasteiger charge is 2.28. The Kier molecular flexibility index (Phi) is 5.74. The Labute approximate surface area is 158 Å². The van der Waals surface area contributed by atoms with Crippen molar-refractivity contribution in [3.8, 4) is 0 Å². The second-order valence-corrected chi connectivity index (χ2v) is 7.29. The number of Topliss-reactive ketones (excluding diaryl/α,β-unsaturated/α-hetero) is 1. The van der Waals surface area contributed by atoms with Crippen molar-refractivity contribution in [3.05, 3.63) is 46.7 Å². The SMILES string of the molecule is Cc1cc(Cl)ccc1C(=O)[C@@H]1CCCN(CC(=O)Nc2cnn(C)c2)C1. The average molecular weight is 375 g/mol. The number of benzene rings is 1. The van der Waals surface area contributed by atoms with Gasteiger partial charge in [-0.05, 0) is 50.1 Å². The third-order valence-corrected chi connectivity index (χ3v) is 4.92. The first-order valence-corrected chi connectivity index (χ1v) is 9.11. The van der Waals surface area contributed by atoms with Gasteiger partial charge in [-0.1, -0.05) is 11.6 Å². The zero-order valence-electron chi connectivity index (χ0n) is 15.0. The van der Waals surface area contributed by atoms with Gasteiger partial charge in [0.25, 0.3) is 0 Å². The van der Waals surface area contributed by atoms with Crippen molar-refractivity contribution in [2.24, 2.45) is 13.0 Å². The van der Waals surface area contributed by atoms with Crippen LogP contribution in [0.4, 0.5) is 5.69 Å². The molecule has 26 heavy (non-hydrogen) atoms. The van der Waals surface area contributed by atoms with Gasteiger partial charge in [-0.15, -0.1) is 0 Å². The molecular weight excluding hydrogens is 352 g/mol. The van der Waals surface area contributed by atoms with Gasteiger partial charge in [0.1, 0.15) is 0 Å². The lowest BCUT2D eigenvalue weighted by atomic mass is 9.88. The number of likely N-dealkylation sites (tertiary alicyclic amines) is 1. The number of nitrogens with zero attached hydrogens (tertiary/aromatic N) is 3. The van der Waals surface area contributed by atoms with E-state index in [1.807, 2.05) is 17.9 Å². The Bertz CT molecular complexity index is 818. The third-order valence-electron chi connectivity index (χ3n) is 4.69. The van der Waals surface area contributed by atoms with Gasteiger partial charge in [0.05, 0.1) is 18.4 Å². The number of ketones is 1. The van der Waals surface area contributed by atoms with E-state index >= 15 is 0 Å². The fourth-order valence-corrected chi connectivity index (χ4v) is 3.65. The number of halogens is 1. The molecule has 3 rings (SSSR count). The zero-order valence-corrected chi connectivity index (χ0v) is 15.8. The maximum absolute atomic E-state index is 12.9. The highest BCUT2D eigenvalue weighted by atomic mass is 35.5. The molecule has 0 aliphatic carbocycles. The van der Waals surface area contributed by atoms with Crippen LogP contribution in [0, 0.1) is 12.8 Å². The molecule has 0 bridgehead atoms. The molecule has 7 heteroatoms. The second kappa shape index (κ2) is 8.01. The van der Waals surface area contributed by atoms with E-state index in [9.17, 15) is 9.59 Å². The number of piperidine rings is 1. The summed E-state index contributed by atoms with van der Waals surface area (Å²) >= 11 is 5.99. The van der Waals surface area contributed by atoms with Crippen LogP contribution in [0.2, 0.25) is 5.02 Å². The molecule has 1 atom stereocenters. The minimum absolute atomic E-state index is 0.0881.